The third-order valence-corrected chi connectivity index (χ3v) is 13.3. The van der Waals surface area contributed by atoms with Crippen LogP contribution in [-0.4, -0.2) is 100 Å². The highest BCUT2D eigenvalue weighted by molar-refractivity contribution is 7.89. The number of aromatic nitrogens is 1. The van der Waals surface area contributed by atoms with Crippen LogP contribution >= 0.6 is 0 Å². The van der Waals surface area contributed by atoms with Crippen molar-refractivity contribution in [3.05, 3.63) is 114 Å². The number of rotatable bonds is 29. The summed E-state index contributed by atoms with van der Waals surface area (Å²) in [6.45, 7) is 0.464. The van der Waals surface area contributed by atoms with Gasteiger partial charge >= 0.3 is 17.9 Å². The molecule has 5 atom stereocenters. The summed E-state index contributed by atoms with van der Waals surface area (Å²) in [5.74, 6) is -13.2. The average molecular weight is 985 g/mol. The Balaban J connectivity index is 1.34. The predicted molar refractivity (Wildman–Crippen MR) is 251 cm³/mol. The number of sulfonamides is 1. The molecule has 0 saturated carbocycles. The Hall–Kier alpha value is -7.45. The van der Waals surface area contributed by atoms with Crippen LogP contribution in [0.4, 0.5) is 4.39 Å². The standard InChI is InChI=1S/C50H53FN4O14S/c1-29(56)32(14-17-46(60)61)24-44(58)42(23-36-27-52-41-12-5-4-11-40(36)41)54-50(67)35(19-30-7-6-10-37(51)20-30)21-38(57)28-53-49(66)34(15-18-47(62)63)25-45(59)43(26-48(64)65)55-70(68,69)39-16-13-31-8-2-3-9-33(31)22-39/h2-13,16,20,22,27,32,34-35,42-43,52,55H,14-15,17-19,21,23-26,28H2,1H3,(H,53,66)(H,54,67)(H,60,61)(H,62,63)(H,64,65)/t32-,34-,35-,42+,43-/m1/s1. The Kier molecular flexibility index (Phi) is 18.9. The van der Waals surface area contributed by atoms with Crippen molar-refractivity contribution < 1.29 is 71.3 Å². The van der Waals surface area contributed by atoms with E-state index in [1.807, 2.05) is 0 Å². The van der Waals surface area contributed by atoms with Gasteiger partial charge in [0.05, 0.1) is 29.9 Å². The fourth-order valence-corrected chi connectivity index (χ4v) is 9.32. The number of hydrogen-bond donors (Lipinski definition) is 7. The van der Waals surface area contributed by atoms with Crippen molar-refractivity contribution in [2.24, 2.45) is 17.8 Å². The molecule has 0 aliphatic carbocycles. The van der Waals surface area contributed by atoms with Crippen molar-refractivity contribution in [1.29, 1.82) is 0 Å². The Morgan fingerprint density at radius 2 is 1.29 bits per heavy atom. The molecule has 0 unspecified atom stereocenters. The number of carboxylic acids is 3. The van der Waals surface area contributed by atoms with E-state index < -0.39 is 144 Å². The number of Topliss-reactive ketones (excluding diaryl/α,β-unsaturated/α-hetero) is 4. The molecule has 7 N–H and O–H groups in total. The number of nitrogens with one attached hydrogen (secondary N) is 4. The molecular formula is C50H53FN4O14S. The zero-order valence-corrected chi connectivity index (χ0v) is 38.8. The second-order valence-electron chi connectivity index (χ2n) is 17.1. The SMILES string of the molecule is CC(=O)[C@H](CCC(=O)O)CC(=O)[C@H](Cc1c[nH]c2ccccc12)NC(=O)[C@@H](CC(=O)CNC(=O)[C@H](CCC(=O)O)CC(=O)[C@@H](CC(=O)O)NS(=O)(=O)c1ccc2ccccc2c1)Cc1cccc(F)c1. The van der Waals surface area contributed by atoms with Crippen LogP contribution in [0.2, 0.25) is 0 Å². The lowest BCUT2D eigenvalue weighted by Crippen LogP contribution is -2.47. The van der Waals surface area contributed by atoms with Crippen LogP contribution in [0.5, 0.6) is 0 Å². The van der Waals surface area contributed by atoms with Crippen molar-refractivity contribution >= 4 is 84.6 Å². The average Bonchev–Trinajstić information content (AvgIpc) is 3.71. The largest absolute Gasteiger partial charge is 0.481 e. The first-order valence-corrected chi connectivity index (χ1v) is 23.8. The maximum absolute atomic E-state index is 14.4. The fourth-order valence-electron chi connectivity index (χ4n) is 8.06. The minimum atomic E-state index is -4.52. The van der Waals surface area contributed by atoms with Gasteiger partial charge < -0.3 is 30.9 Å². The van der Waals surface area contributed by atoms with E-state index in [1.165, 1.54) is 43.3 Å². The molecule has 20 heteroatoms. The maximum atomic E-state index is 14.4. The minimum Gasteiger partial charge on any atom is -0.481 e. The quantitative estimate of drug-likeness (QED) is 0.0342. The van der Waals surface area contributed by atoms with Crippen LogP contribution in [-0.2, 0) is 66.0 Å². The van der Waals surface area contributed by atoms with Gasteiger partial charge in [0.25, 0.3) is 0 Å². The number of carbonyl (C=O) groups is 9. The molecule has 2 amide bonds. The summed E-state index contributed by atoms with van der Waals surface area (Å²) in [6.07, 6.45) is -3.17. The van der Waals surface area contributed by atoms with Gasteiger partial charge in [0.2, 0.25) is 21.8 Å². The monoisotopic (exact) mass is 984 g/mol. The van der Waals surface area contributed by atoms with E-state index in [0.29, 0.717) is 21.9 Å². The topological polar surface area (TPSA) is 300 Å². The maximum Gasteiger partial charge on any atom is 0.305 e. The number of aromatic amines is 1. The minimum absolute atomic E-state index is 0.0799. The highest BCUT2D eigenvalue weighted by Crippen LogP contribution is 2.24. The summed E-state index contributed by atoms with van der Waals surface area (Å²) < 4.78 is 43.4. The van der Waals surface area contributed by atoms with Gasteiger partial charge in [0.15, 0.2) is 17.3 Å². The molecule has 0 spiro atoms. The number of carboxylic acid groups (broad SMARTS) is 3. The number of H-pyrrole nitrogens is 1. The normalized spacial score (nSPS) is 13.6. The first kappa shape index (κ1) is 53.5. The number of ketones is 4. The molecule has 70 heavy (non-hydrogen) atoms. The summed E-state index contributed by atoms with van der Waals surface area (Å²) in [4.78, 5) is 119. The summed E-state index contributed by atoms with van der Waals surface area (Å²) in [5, 5.41) is 35.3. The Bertz CT molecular complexity index is 2900. The van der Waals surface area contributed by atoms with E-state index in [-0.39, 0.29) is 30.6 Å². The first-order chi connectivity index (χ1) is 33.2. The third-order valence-electron chi connectivity index (χ3n) is 11.8. The molecule has 1 aromatic heterocycles. The second kappa shape index (κ2) is 24.7. The van der Waals surface area contributed by atoms with Crippen molar-refractivity contribution in [3.63, 3.8) is 0 Å². The molecule has 0 fully saturated rings. The summed E-state index contributed by atoms with van der Waals surface area (Å²) >= 11 is 0. The van der Waals surface area contributed by atoms with Crippen molar-refractivity contribution in [2.75, 3.05) is 6.54 Å². The molecule has 370 valence electrons. The highest BCUT2D eigenvalue weighted by Gasteiger charge is 2.34. The van der Waals surface area contributed by atoms with E-state index in [9.17, 15) is 71.3 Å². The van der Waals surface area contributed by atoms with Crippen molar-refractivity contribution in [1.82, 2.24) is 20.3 Å². The zero-order valence-electron chi connectivity index (χ0n) is 38.0. The van der Waals surface area contributed by atoms with Crippen LogP contribution in [0.1, 0.15) is 69.4 Å². The van der Waals surface area contributed by atoms with Gasteiger partial charge in [-0.25, -0.2) is 17.5 Å². The zero-order chi connectivity index (χ0) is 51.1. The molecule has 0 aliphatic rings. The van der Waals surface area contributed by atoms with E-state index >= 15 is 0 Å². The van der Waals surface area contributed by atoms with E-state index in [2.05, 4.69) is 20.3 Å². The third kappa shape index (κ3) is 15.8. The molecular weight excluding hydrogens is 932 g/mol. The Morgan fingerprint density at radius 3 is 1.96 bits per heavy atom. The van der Waals surface area contributed by atoms with Gasteiger partial charge in [0, 0.05) is 73.4 Å². The van der Waals surface area contributed by atoms with Gasteiger partial charge in [-0.2, -0.15) is 0 Å². The summed E-state index contributed by atoms with van der Waals surface area (Å²) in [7, 11) is -4.52. The predicted octanol–water partition coefficient (Wildman–Crippen LogP) is 4.71. The molecule has 4 aromatic carbocycles. The number of amides is 2. The Labute approximate surface area is 401 Å². The molecule has 5 rings (SSSR count). The smallest absolute Gasteiger partial charge is 0.305 e. The van der Waals surface area contributed by atoms with Gasteiger partial charge in [-0.1, -0.05) is 60.7 Å². The van der Waals surface area contributed by atoms with Crippen LogP contribution in [0.25, 0.3) is 21.7 Å². The summed E-state index contributed by atoms with van der Waals surface area (Å²) in [6, 6.07) is 20.1. The van der Waals surface area contributed by atoms with E-state index in [0.717, 1.165) is 17.0 Å². The second-order valence-corrected chi connectivity index (χ2v) is 18.8. The molecule has 0 saturated heterocycles. The summed E-state index contributed by atoms with van der Waals surface area (Å²) in [5.41, 5.74) is 1.64. The number of halogens is 1. The number of aliphatic carboxylic acids is 3. The van der Waals surface area contributed by atoms with Crippen LogP contribution in [0, 0.1) is 23.6 Å². The molecule has 18 nitrogen and oxygen atoms in total. The highest BCUT2D eigenvalue weighted by atomic mass is 32.2. The van der Waals surface area contributed by atoms with E-state index in [4.69, 9.17) is 0 Å². The number of benzene rings is 4. The van der Waals surface area contributed by atoms with Gasteiger partial charge in [0.1, 0.15) is 11.6 Å². The first-order valence-electron chi connectivity index (χ1n) is 22.3. The number of hydrogen-bond acceptors (Lipinski definition) is 11. The molecule has 1 heterocycles. The Morgan fingerprint density at radius 1 is 0.643 bits per heavy atom. The lowest BCUT2D eigenvalue weighted by atomic mass is 9.88. The van der Waals surface area contributed by atoms with Crippen molar-refractivity contribution in [3.8, 4) is 0 Å². The van der Waals surface area contributed by atoms with Gasteiger partial charge in [-0.15, -0.1) is 0 Å². The van der Waals surface area contributed by atoms with Gasteiger partial charge in [-0.3, -0.25) is 43.2 Å². The molecule has 5 aromatic rings. The lowest BCUT2D eigenvalue weighted by Gasteiger charge is -2.24. The number of carbonyl (C=O) groups excluding carboxylic acids is 6. The molecule has 0 bridgehead atoms. The van der Waals surface area contributed by atoms with E-state index in [1.54, 1.807) is 54.7 Å². The fraction of sp³-hybridized carbons (Fsp3) is 0.340. The van der Waals surface area contributed by atoms with Crippen molar-refractivity contribution in [2.45, 2.75) is 88.1 Å². The van der Waals surface area contributed by atoms with Crippen LogP contribution < -0.4 is 15.4 Å². The lowest BCUT2D eigenvalue weighted by molar-refractivity contribution is -0.140. The van der Waals surface area contributed by atoms with Crippen LogP contribution in [0.3, 0.4) is 0 Å². The molecule has 0 radical (unpaired) electrons. The number of para-hydroxylation sites is 1. The van der Waals surface area contributed by atoms with Gasteiger partial charge in [-0.05, 0) is 78.4 Å². The van der Waals surface area contributed by atoms with Crippen LogP contribution in [0.15, 0.2) is 102 Å². The number of fused-ring (bicyclic) bond motifs is 2. The molecule has 0 aliphatic heterocycles.